The molecule has 0 unspecified atom stereocenters. The van der Waals surface area contributed by atoms with Gasteiger partial charge < -0.3 is 4.74 Å². The number of carbonyl (C=O) groups excluding carboxylic acids is 1. The SMILES string of the molecule is CCC1(CC)Oc2cc(NS(C)(=O)=O)ccc2N(c2ccc(F)cc2)C1=O. The van der Waals surface area contributed by atoms with Gasteiger partial charge in [-0.15, -0.1) is 0 Å². The number of ether oxygens (including phenoxy) is 1. The number of nitrogens with one attached hydrogen (secondary N) is 1. The van der Waals surface area contributed by atoms with Gasteiger partial charge in [0, 0.05) is 11.8 Å². The molecule has 2 aromatic rings. The summed E-state index contributed by atoms with van der Waals surface area (Å²) < 4.78 is 44.9. The van der Waals surface area contributed by atoms with E-state index in [1.807, 2.05) is 13.8 Å². The van der Waals surface area contributed by atoms with E-state index in [1.54, 1.807) is 18.2 Å². The van der Waals surface area contributed by atoms with E-state index in [0.29, 0.717) is 35.7 Å². The molecule has 1 aliphatic rings. The van der Waals surface area contributed by atoms with Crippen LogP contribution < -0.4 is 14.4 Å². The summed E-state index contributed by atoms with van der Waals surface area (Å²) in [6.45, 7) is 3.71. The summed E-state index contributed by atoms with van der Waals surface area (Å²) in [4.78, 5) is 14.8. The van der Waals surface area contributed by atoms with Crippen molar-refractivity contribution >= 4 is 33.0 Å². The average Bonchev–Trinajstić information content (AvgIpc) is 2.61. The first-order chi connectivity index (χ1) is 12.7. The number of anilines is 3. The van der Waals surface area contributed by atoms with Crippen LogP contribution in [0.3, 0.4) is 0 Å². The van der Waals surface area contributed by atoms with Gasteiger partial charge in [0.25, 0.3) is 5.91 Å². The van der Waals surface area contributed by atoms with Crippen molar-refractivity contribution in [1.82, 2.24) is 0 Å². The Morgan fingerprint density at radius 1 is 1.11 bits per heavy atom. The Morgan fingerprint density at radius 2 is 1.74 bits per heavy atom. The van der Waals surface area contributed by atoms with Crippen LogP contribution in [0.2, 0.25) is 0 Å². The Kier molecular flexibility index (Phi) is 4.86. The summed E-state index contributed by atoms with van der Waals surface area (Å²) in [5.41, 5.74) is 0.250. The van der Waals surface area contributed by atoms with Crippen LogP contribution in [0.1, 0.15) is 26.7 Å². The minimum atomic E-state index is -3.45. The largest absolute Gasteiger partial charge is 0.475 e. The zero-order chi connectivity index (χ0) is 19.8. The zero-order valence-corrected chi connectivity index (χ0v) is 16.1. The lowest BCUT2D eigenvalue weighted by atomic mass is 9.92. The second-order valence-electron chi connectivity index (χ2n) is 6.48. The van der Waals surface area contributed by atoms with Gasteiger partial charge in [-0.3, -0.25) is 14.4 Å². The third-order valence-corrected chi connectivity index (χ3v) is 5.24. The molecule has 3 rings (SSSR count). The molecule has 0 fully saturated rings. The highest BCUT2D eigenvalue weighted by molar-refractivity contribution is 7.92. The molecule has 1 amide bonds. The lowest BCUT2D eigenvalue weighted by molar-refractivity contribution is -0.135. The molecule has 0 spiro atoms. The molecule has 0 atom stereocenters. The molecule has 0 saturated heterocycles. The molecule has 2 aromatic carbocycles. The smallest absolute Gasteiger partial charge is 0.275 e. The van der Waals surface area contributed by atoms with Crippen LogP contribution in [0, 0.1) is 5.82 Å². The highest BCUT2D eigenvalue weighted by atomic mass is 32.2. The second kappa shape index (κ2) is 6.84. The number of benzene rings is 2. The van der Waals surface area contributed by atoms with E-state index in [1.165, 1.54) is 29.2 Å². The fourth-order valence-electron chi connectivity index (χ4n) is 3.17. The second-order valence-corrected chi connectivity index (χ2v) is 8.23. The average molecular weight is 392 g/mol. The predicted octanol–water partition coefficient (Wildman–Crippen LogP) is 3.81. The Balaban J connectivity index is 2.16. The van der Waals surface area contributed by atoms with Crippen LogP contribution in [0.5, 0.6) is 5.75 Å². The molecule has 0 radical (unpaired) electrons. The van der Waals surface area contributed by atoms with E-state index < -0.39 is 21.4 Å². The first kappa shape index (κ1) is 19.2. The molecule has 0 aromatic heterocycles. The van der Waals surface area contributed by atoms with E-state index in [9.17, 15) is 17.6 Å². The van der Waals surface area contributed by atoms with Gasteiger partial charge in [0.1, 0.15) is 11.6 Å². The first-order valence-corrected chi connectivity index (χ1v) is 10.5. The molecule has 144 valence electrons. The van der Waals surface area contributed by atoms with Crippen molar-refractivity contribution in [3.8, 4) is 5.75 Å². The van der Waals surface area contributed by atoms with Crippen molar-refractivity contribution in [3.05, 3.63) is 48.3 Å². The van der Waals surface area contributed by atoms with Gasteiger partial charge in [-0.1, -0.05) is 13.8 Å². The van der Waals surface area contributed by atoms with Crippen molar-refractivity contribution in [2.75, 3.05) is 15.9 Å². The number of rotatable bonds is 5. The highest BCUT2D eigenvalue weighted by Crippen LogP contribution is 2.45. The number of fused-ring (bicyclic) bond motifs is 1. The molecule has 1 N–H and O–H groups in total. The molecular formula is C19H21FN2O4S. The van der Waals surface area contributed by atoms with Gasteiger partial charge >= 0.3 is 0 Å². The Morgan fingerprint density at radius 3 is 2.30 bits per heavy atom. The lowest BCUT2D eigenvalue weighted by Gasteiger charge is -2.42. The summed E-state index contributed by atoms with van der Waals surface area (Å²) in [5, 5.41) is 0. The maximum absolute atomic E-state index is 13.3. The quantitative estimate of drug-likeness (QED) is 0.839. The van der Waals surface area contributed by atoms with Crippen molar-refractivity contribution in [1.29, 1.82) is 0 Å². The van der Waals surface area contributed by atoms with Gasteiger partial charge in [0.05, 0.1) is 17.6 Å². The van der Waals surface area contributed by atoms with Crippen LogP contribution in [0.25, 0.3) is 0 Å². The monoisotopic (exact) mass is 392 g/mol. The molecule has 0 saturated carbocycles. The number of amides is 1. The Bertz CT molecular complexity index is 970. The van der Waals surface area contributed by atoms with E-state index >= 15 is 0 Å². The number of hydrogen-bond acceptors (Lipinski definition) is 4. The van der Waals surface area contributed by atoms with Crippen LogP contribution in [-0.2, 0) is 14.8 Å². The summed E-state index contributed by atoms with van der Waals surface area (Å²) in [5.74, 6) is -0.253. The van der Waals surface area contributed by atoms with Gasteiger partial charge in [0.15, 0.2) is 5.60 Å². The normalized spacial score (nSPS) is 15.9. The highest BCUT2D eigenvalue weighted by Gasteiger charge is 2.46. The van der Waals surface area contributed by atoms with Gasteiger partial charge in [0.2, 0.25) is 10.0 Å². The fourth-order valence-corrected chi connectivity index (χ4v) is 3.72. The summed E-state index contributed by atoms with van der Waals surface area (Å²) >= 11 is 0. The molecule has 0 aliphatic carbocycles. The zero-order valence-electron chi connectivity index (χ0n) is 15.3. The number of sulfonamides is 1. The summed E-state index contributed by atoms with van der Waals surface area (Å²) in [7, 11) is -3.45. The van der Waals surface area contributed by atoms with E-state index in [2.05, 4.69) is 4.72 Å². The molecule has 1 heterocycles. The van der Waals surface area contributed by atoms with Crippen molar-refractivity contribution < 1.29 is 22.3 Å². The predicted molar refractivity (Wildman–Crippen MR) is 102 cm³/mol. The van der Waals surface area contributed by atoms with Crippen molar-refractivity contribution in [3.63, 3.8) is 0 Å². The molecular weight excluding hydrogens is 371 g/mol. The molecule has 8 heteroatoms. The Hall–Kier alpha value is -2.61. The number of carbonyl (C=O) groups is 1. The number of halogens is 1. The van der Waals surface area contributed by atoms with Crippen molar-refractivity contribution in [2.45, 2.75) is 32.3 Å². The van der Waals surface area contributed by atoms with Gasteiger partial charge in [-0.25, -0.2) is 12.8 Å². The minimum absolute atomic E-state index is 0.240. The molecule has 27 heavy (non-hydrogen) atoms. The van der Waals surface area contributed by atoms with Crippen LogP contribution in [-0.4, -0.2) is 26.2 Å². The fraction of sp³-hybridized carbons (Fsp3) is 0.316. The molecule has 1 aliphatic heterocycles. The van der Waals surface area contributed by atoms with Crippen LogP contribution in [0.4, 0.5) is 21.5 Å². The maximum atomic E-state index is 13.3. The van der Waals surface area contributed by atoms with Crippen LogP contribution in [0.15, 0.2) is 42.5 Å². The lowest BCUT2D eigenvalue weighted by Crippen LogP contribution is -2.54. The third-order valence-electron chi connectivity index (χ3n) is 4.63. The summed E-state index contributed by atoms with van der Waals surface area (Å²) in [6, 6.07) is 10.4. The Labute approximate surface area is 158 Å². The molecule has 6 nitrogen and oxygen atoms in total. The molecule has 0 bridgehead atoms. The van der Waals surface area contributed by atoms with E-state index in [4.69, 9.17) is 4.74 Å². The summed E-state index contributed by atoms with van der Waals surface area (Å²) in [6.07, 6.45) is 1.93. The van der Waals surface area contributed by atoms with Gasteiger partial charge in [-0.2, -0.15) is 0 Å². The van der Waals surface area contributed by atoms with Crippen molar-refractivity contribution in [2.24, 2.45) is 0 Å². The number of hydrogen-bond donors (Lipinski definition) is 1. The number of nitrogens with zero attached hydrogens (tertiary/aromatic N) is 1. The third kappa shape index (κ3) is 3.62. The van der Waals surface area contributed by atoms with E-state index in [0.717, 1.165) is 6.26 Å². The first-order valence-electron chi connectivity index (χ1n) is 8.60. The van der Waals surface area contributed by atoms with Gasteiger partial charge in [-0.05, 0) is 49.2 Å². The minimum Gasteiger partial charge on any atom is -0.475 e. The maximum Gasteiger partial charge on any atom is 0.275 e. The topological polar surface area (TPSA) is 75.7 Å². The standard InChI is InChI=1S/C19H21FN2O4S/c1-4-19(5-2)18(23)22(15-9-6-13(20)7-10-15)16-11-8-14(12-17(16)26-19)21-27(3,24)25/h6-12,21H,4-5H2,1-3H3. The van der Waals surface area contributed by atoms with E-state index in [-0.39, 0.29) is 5.91 Å². The van der Waals surface area contributed by atoms with Crippen LogP contribution >= 0.6 is 0 Å².